The van der Waals surface area contributed by atoms with Crippen molar-refractivity contribution in [1.29, 1.82) is 0 Å². The summed E-state index contributed by atoms with van der Waals surface area (Å²) >= 11 is 0. The molecule has 0 unspecified atom stereocenters. The van der Waals surface area contributed by atoms with Crippen molar-refractivity contribution in [2.75, 3.05) is 0 Å². The van der Waals surface area contributed by atoms with Crippen molar-refractivity contribution in [2.24, 2.45) is 46.3 Å². The summed E-state index contributed by atoms with van der Waals surface area (Å²) in [7, 11) is 3.80. The minimum absolute atomic E-state index is 0.0622. The van der Waals surface area contributed by atoms with Crippen LogP contribution in [-0.2, 0) is 4.79 Å². The number of carboxylic acid groups (broad SMARTS) is 1. The van der Waals surface area contributed by atoms with Crippen molar-refractivity contribution in [3.63, 3.8) is 0 Å². The van der Waals surface area contributed by atoms with Gasteiger partial charge < -0.3 is 10.2 Å². The Bertz CT molecular complexity index is 652. The molecule has 0 spiro atoms. The van der Waals surface area contributed by atoms with Crippen LogP contribution >= 0.6 is 0 Å². The lowest BCUT2D eigenvalue weighted by Gasteiger charge is -2.61. The molecule has 0 aromatic heterocycles. The Kier molecular flexibility index (Phi) is 5.49. The molecule has 4 fully saturated rings. The molecule has 4 saturated carbocycles. The fourth-order valence-corrected chi connectivity index (χ4v) is 9.25. The van der Waals surface area contributed by atoms with Gasteiger partial charge in [0.05, 0.1) is 6.10 Å². The van der Waals surface area contributed by atoms with Crippen molar-refractivity contribution < 1.29 is 15.0 Å². The fourth-order valence-electron chi connectivity index (χ4n) is 9.25. The Morgan fingerprint density at radius 2 is 1.69 bits per heavy atom. The normalized spacial score (nSPS) is 48.3. The number of hydrogen-bond donors (Lipinski definition) is 2. The third kappa shape index (κ3) is 3.42. The molecule has 0 aliphatic heterocycles. The van der Waals surface area contributed by atoms with Crippen molar-refractivity contribution in [3.8, 4) is 0 Å². The molecule has 2 N–H and O–H groups in total. The molecule has 29 heavy (non-hydrogen) atoms. The zero-order chi connectivity index (χ0) is 21.2. The molecule has 9 atom stereocenters. The molecule has 4 aliphatic rings. The van der Waals surface area contributed by atoms with Crippen LogP contribution in [0.25, 0.3) is 0 Å². The molecule has 162 valence electrons. The minimum Gasteiger partial charge on any atom is -0.482 e. The number of carbonyl (C=O) groups is 1. The van der Waals surface area contributed by atoms with E-state index >= 15 is 0 Å². The first-order valence-electron chi connectivity index (χ1n) is 12.4. The number of aliphatic hydroxyl groups is 1. The molecule has 5 heteroatoms. The highest BCUT2D eigenvalue weighted by Gasteiger charge is 2.60. The lowest BCUT2D eigenvalue weighted by molar-refractivity contribution is -0.139. The van der Waals surface area contributed by atoms with Crippen LogP contribution in [0.2, 0.25) is 5.21 Å². The Hall–Kier alpha value is -0.440. The van der Waals surface area contributed by atoms with Crippen molar-refractivity contribution in [1.82, 2.24) is 0 Å². The van der Waals surface area contributed by atoms with Gasteiger partial charge in [0.25, 0.3) is 5.97 Å². The van der Waals surface area contributed by atoms with Gasteiger partial charge in [-0.3, -0.25) is 4.79 Å². The minimum atomic E-state index is -0.654. The molecule has 3 nitrogen and oxygen atoms in total. The molecule has 0 amide bonds. The average molecular weight is 400 g/mol. The number of fused-ring (bicyclic) bond motifs is 5. The van der Waals surface area contributed by atoms with Crippen molar-refractivity contribution in [2.45, 2.75) is 96.3 Å². The summed E-state index contributed by atoms with van der Waals surface area (Å²) in [6, 6.07) is 0. The number of carboxylic acids is 1. The maximum atomic E-state index is 11.7. The Morgan fingerprint density at radius 3 is 2.38 bits per heavy atom. The summed E-state index contributed by atoms with van der Waals surface area (Å²) in [6.07, 6.45) is 12.0. The van der Waals surface area contributed by atoms with Crippen molar-refractivity contribution in [3.05, 3.63) is 0 Å². The third-order valence-corrected chi connectivity index (χ3v) is 10.8. The van der Waals surface area contributed by atoms with Gasteiger partial charge in [-0.25, -0.2) is 0 Å². The largest absolute Gasteiger partial charge is 0.482 e. The van der Waals surface area contributed by atoms with Crippen LogP contribution in [0.3, 0.4) is 0 Å². The predicted octanol–water partition coefficient (Wildman–Crippen LogP) is 3.50. The number of hydrogen-bond acceptors (Lipinski definition) is 2. The monoisotopic (exact) mass is 400 g/mol. The smallest absolute Gasteiger partial charge is 0.293 e. The highest BCUT2D eigenvalue weighted by atomic mass is 16.4. The molecular formula is C24H42B2O3. The zero-order valence-corrected chi connectivity index (χ0v) is 19.4. The number of aliphatic hydroxyl groups excluding tert-OH is 1. The van der Waals surface area contributed by atoms with E-state index in [2.05, 4.69) is 20.8 Å². The Labute approximate surface area is 179 Å². The van der Waals surface area contributed by atoms with Crippen molar-refractivity contribution >= 4 is 21.7 Å². The Balaban J connectivity index is 1.52. The first-order valence-corrected chi connectivity index (χ1v) is 12.4. The van der Waals surface area contributed by atoms with E-state index in [0.29, 0.717) is 22.7 Å². The number of rotatable bonds is 4. The Morgan fingerprint density at radius 1 is 1.03 bits per heavy atom. The van der Waals surface area contributed by atoms with Gasteiger partial charge in [-0.2, -0.15) is 0 Å². The average Bonchev–Trinajstić information content (AvgIpc) is 2.99. The standard InChI is InChI=1S/C24H42B2O3/c1-14(13-24(25,26)21(28)29)18-6-7-19-17-5-4-15-12-16(27)8-10-22(15,2)20(17)9-11-23(18,19)3/h14-20,27H,4-13,25-26H2,1-3H3,(H,28,29)/t14-,15-,16+,17+,18-,19+,20+,22+,23-/m1/s1. The maximum Gasteiger partial charge on any atom is 0.293 e. The van der Waals surface area contributed by atoms with E-state index in [1.807, 2.05) is 15.7 Å². The topological polar surface area (TPSA) is 57.5 Å². The van der Waals surface area contributed by atoms with E-state index in [4.69, 9.17) is 0 Å². The summed E-state index contributed by atoms with van der Waals surface area (Å²) in [6.45, 7) is 7.46. The fraction of sp³-hybridized carbons (Fsp3) is 0.958. The van der Waals surface area contributed by atoms with Gasteiger partial charge in [0, 0.05) is 5.21 Å². The number of aliphatic carboxylic acids is 1. The maximum absolute atomic E-state index is 11.7. The molecule has 0 heterocycles. The van der Waals surface area contributed by atoms with Crippen LogP contribution in [0.1, 0.15) is 85.0 Å². The van der Waals surface area contributed by atoms with Crippen LogP contribution in [0.5, 0.6) is 0 Å². The molecule has 0 bridgehead atoms. The first-order chi connectivity index (χ1) is 13.5. The van der Waals surface area contributed by atoms with Crippen LogP contribution in [0.15, 0.2) is 0 Å². The first kappa shape index (κ1) is 21.8. The summed E-state index contributed by atoms with van der Waals surface area (Å²) in [5.41, 5.74) is 0.838. The van der Waals surface area contributed by atoms with E-state index in [0.717, 1.165) is 42.9 Å². The highest BCUT2D eigenvalue weighted by Crippen LogP contribution is 2.68. The second-order valence-electron chi connectivity index (χ2n) is 12.7. The lowest BCUT2D eigenvalue weighted by atomic mass is 9.44. The quantitative estimate of drug-likeness (QED) is 0.711. The third-order valence-electron chi connectivity index (χ3n) is 10.8. The molecule has 0 saturated heterocycles. The molecule has 0 aromatic rings. The SMILES string of the molecule is BC(B)(C[C@@H](C)[C@H]1CC[C@H]2[C@@H]3CC[C@@H]4C[C@@H](O)CC[C@]4(C)[C@H]3CC[C@]12C)C(=O)O. The van der Waals surface area contributed by atoms with Gasteiger partial charge in [0.15, 0.2) is 0 Å². The zero-order valence-electron chi connectivity index (χ0n) is 19.4. The highest BCUT2D eigenvalue weighted by molar-refractivity contribution is 6.49. The van der Waals surface area contributed by atoms with E-state index in [1.165, 1.54) is 44.9 Å². The summed E-state index contributed by atoms with van der Waals surface area (Å²) in [5, 5.41) is 19.2. The summed E-state index contributed by atoms with van der Waals surface area (Å²) in [5.74, 6) is 3.75. The molecule has 4 aliphatic carbocycles. The molecular weight excluding hydrogens is 358 g/mol. The molecule has 0 aromatic carbocycles. The predicted molar refractivity (Wildman–Crippen MR) is 122 cm³/mol. The van der Waals surface area contributed by atoms with E-state index in [1.54, 1.807) is 0 Å². The van der Waals surface area contributed by atoms with E-state index in [9.17, 15) is 15.0 Å². The van der Waals surface area contributed by atoms with Gasteiger partial charge in [-0.15, -0.1) is 0 Å². The van der Waals surface area contributed by atoms with E-state index in [-0.39, 0.29) is 6.10 Å². The molecule has 0 radical (unpaired) electrons. The summed E-state index contributed by atoms with van der Waals surface area (Å²) in [4.78, 5) is 11.7. The second-order valence-corrected chi connectivity index (χ2v) is 12.7. The van der Waals surface area contributed by atoms with Gasteiger partial charge in [0.2, 0.25) is 0 Å². The molecule has 4 rings (SSSR count). The van der Waals surface area contributed by atoms with Crippen LogP contribution in [0, 0.1) is 46.3 Å². The van der Waals surface area contributed by atoms with Gasteiger partial charge >= 0.3 is 0 Å². The second kappa shape index (κ2) is 7.31. The lowest BCUT2D eigenvalue weighted by Crippen LogP contribution is -2.54. The van der Waals surface area contributed by atoms with Gasteiger partial charge in [0.1, 0.15) is 15.7 Å². The van der Waals surface area contributed by atoms with Crippen LogP contribution < -0.4 is 0 Å². The van der Waals surface area contributed by atoms with Gasteiger partial charge in [-0.05, 0) is 111 Å². The summed E-state index contributed by atoms with van der Waals surface area (Å²) < 4.78 is 0. The van der Waals surface area contributed by atoms with Crippen LogP contribution in [-0.4, -0.2) is 38.0 Å². The van der Waals surface area contributed by atoms with Crippen LogP contribution in [0.4, 0.5) is 0 Å². The van der Waals surface area contributed by atoms with E-state index < -0.39 is 11.2 Å². The van der Waals surface area contributed by atoms with Gasteiger partial charge in [-0.1, -0.05) is 20.8 Å².